The van der Waals surface area contributed by atoms with E-state index in [0.717, 1.165) is 31.0 Å². The number of hydrogen-bond donors (Lipinski definition) is 1. The van der Waals surface area contributed by atoms with Gasteiger partial charge in [0.2, 0.25) is 0 Å². The van der Waals surface area contributed by atoms with Gasteiger partial charge in [-0.25, -0.2) is 0 Å². The van der Waals surface area contributed by atoms with Gasteiger partial charge in [0, 0.05) is 18.1 Å². The summed E-state index contributed by atoms with van der Waals surface area (Å²) in [4.78, 5) is 0. The predicted molar refractivity (Wildman–Crippen MR) is 64.4 cm³/mol. The van der Waals surface area contributed by atoms with Crippen molar-refractivity contribution in [2.24, 2.45) is 5.41 Å². The Kier molecular flexibility index (Phi) is 7.64. The molecular weight excluding hydrogens is 192 g/mol. The summed E-state index contributed by atoms with van der Waals surface area (Å²) in [6.45, 7) is 9.55. The number of nitrogens with one attached hydrogen (secondary N) is 1. The van der Waals surface area contributed by atoms with Crippen LogP contribution in [0.15, 0.2) is 12.7 Å². The molecule has 14 heavy (non-hydrogen) atoms. The molecule has 0 aromatic carbocycles. The van der Waals surface area contributed by atoms with Gasteiger partial charge in [-0.1, -0.05) is 6.08 Å². The summed E-state index contributed by atoms with van der Waals surface area (Å²) in [5.74, 6) is 2.13. The molecule has 0 amide bonds. The van der Waals surface area contributed by atoms with E-state index in [0.29, 0.717) is 0 Å². The summed E-state index contributed by atoms with van der Waals surface area (Å²) in [5.41, 5.74) is -0.193. The monoisotopic (exact) mass is 212 g/mol. The molecule has 0 aliphatic rings. The Morgan fingerprint density at radius 1 is 1.50 bits per heavy atom. The van der Waals surface area contributed by atoms with Crippen LogP contribution in [0.2, 0.25) is 0 Å². The smallest absolute Gasteiger partial charge is 0.0684 e. The van der Waals surface area contributed by atoms with Crippen molar-refractivity contribution in [3.8, 4) is 6.07 Å². The number of nitriles is 1. The maximum absolute atomic E-state index is 8.77. The molecule has 0 heterocycles. The summed E-state index contributed by atoms with van der Waals surface area (Å²) in [6.07, 6.45) is 2.83. The van der Waals surface area contributed by atoms with Crippen LogP contribution in [0.5, 0.6) is 0 Å². The summed E-state index contributed by atoms with van der Waals surface area (Å²) in [7, 11) is 0. The zero-order valence-electron chi connectivity index (χ0n) is 9.18. The van der Waals surface area contributed by atoms with E-state index in [2.05, 4.69) is 18.0 Å². The van der Waals surface area contributed by atoms with Crippen molar-refractivity contribution in [3.63, 3.8) is 0 Å². The van der Waals surface area contributed by atoms with Gasteiger partial charge in [0.15, 0.2) is 0 Å². The Bertz CT molecular complexity index is 194. The highest BCUT2D eigenvalue weighted by molar-refractivity contribution is 7.99. The van der Waals surface area contributed by atoms with Crippen LogP contribution < -0.4 is 5.32 Å². The van der Waals surface area contributed by atoms with Gasteiger partial charge in [0.25, 0.3) is 0 Å². The standard InChI is InChI=1S/C11H20N2S/c1-4-8-14-9-7-13-6-5-11(2,3)10-12/h4,13H,1,5-9H2,2-3H3. The molecule has 0 aliphatic heterocycles. The molecule has 0 fully saturated rings. The molecule has 0 aliphatic carbocycles. The van der Waals surface area contributed by atoms with Crippen molar-refractivity contribution >= 4 is 11.8 Å². The maximum atomic E-state index is 8.77. The third kappa shape index (κ3) is 8.15. The lowest BCUT2D eigenvalue weighted by Gasteiger charge is -2.14. The Morgan fingerprint density at radius 3 is 2.79 bits per heavy atom. The SMILES string of the molecule is C=CCSCCNCCC(C)(C)C#N. The maximum Gasteiger partial charge on any atom is 0.0684 e. The molecule has 0 saturated carbocycles. The fourth-order valence-electron chi connectivity index (χ4n) is 0.893. The molecule has 0 unspecified atom stereocenters. The molecule has 0 aromatic heterocycles. The summed E-state index contributed by atoms with van der Waals surface area (Å²) >= 11 is 1.87. The van der Waals surface area contributed by atoms with E-state index in [1.54, 1.807) is 0 Å². The second-order valence-corrected chi connectivity index (χ2v) is 5.01. The summed E-state index contributed by atoms with van der Waals surface area (Å²) in [5, 5.41) is 12.1. The summed E-state index contributed by atoms with van der Waals surface area (Å²) < 4.78 is 0. The largest absolute Gasteiger partial charge is 0.316 e. The van der Waals surface area contributed by atoms with Crippen LogP contribution in [-0.2, 0) is 0 Å². The average Bonchev–Trinajstić information content (AvgIpc) is 2.16. The minimum absolute atomic E-state index is 0.193. The van der Waals surface area contributed by atoms with Gasteiger partial charge in [0.1, 0.15) is 0 Å². The lowest BCUT2D eigenvalue weighted by atomic mass is 9.92. The van der Waals surface area contributed by atoms with E-state index in [4.69, 9.17) is 5.26 Å². The topological polar surface area (TPSA) is 35.8 Å². The number of hydrogen-bond acceptors (Lipinski definition) is 3. The first-order chi connectivity index (χ1) is 6.62. The zero-order chi connectivity index (χ0) is 10.9. The van der Waals surface area contributed by atoms with Crippen LogP contribution >= 0.6 is 11.8 Å². The van der Waals surface area contributed by atoms with Gasteiger partial charge in [0.05, 0.1) is 11.5 Å². The van der Waals surface area contributed by atoms with Crippen LogP contribution in [-0.4, -0.2) is 24.6 Å². The van der Waals surface area contributed by atoms with Gasteiger partial charge in [-0.3, -0.25) is 0 Å². The van der Waals surface area contributed by atoms with E-state index < -0.39 is 0 Å². The van der Waals surface area contributed by atoms with Gasteiger partial charge in [-0.15, -0.1) is 6.58 Å². The van der Waals surface area contributed by atoms with Gasteiger partial charge < -0.3 is 5.32 Å². The molecule has 0 atom stereocenters. The lowest BCUT2D eigenvalue weighted by molar-refractivity contribution is 0.437. The van der Waals surface area contributed by atoms with Gasteiger partial charge in [-0.05, 0) is 26.8 Å². The second-order valence-electron chi connectivity index (χ2n) is 3.86. The third-order valence-corrected chi connectivity index (χ3v) is 2.85. The third-order valence-electron chi connectivity index (χ3n) is 1.89. The molecule has 0 bridgehead atoms. The molecule has 1 N–H and O–H groups in total. The van der Waals surface area contributed by atoms with Crippen molar-refractivity contribution in [2.45, 2.75) is 20.3 Å². The molecule has 0 radical (unpaired) electrons. The summed E-state index contributed by atoms with van der Waals surface area (Å²) in [6, 6.07) is 2.29. The Morgan fingerprint density at radius 2 is 2.21 bits per heavy atom. The quantitative estimate of drug-likeness (QED) is 0.496. The Labute approximate surface area is 91.8 Å². The van der Waals surface area contributed by atoms with Crippen molar-refractivity contribution in [2.75, 3.05) is 24.6 Å². The molecular formula is C11H20N2S. The van der Waals surface area contributed by atoms with Crippen molar-refractivity contribution < 1.29 is 0 Å². The van der Waals surface area contributed by atoms with E-state index in [1.165, 1.54) is 0 Å². The van der Waals surface area contributed by atoms with Gasteiger partial charge in [-0.2, -0.15) is 17.0 Å². The second kappa shape index (κ2) is 7.90. The van der Waals surface area contributed by atoms with Crippen LogP contribution in [0, 0.1) is 16.7 Å². The first-order valence-electron chi connectivity index (χ1n) is 4.93. The fourth-order valence-corrected chi connectivity index (χ4v) is 1.51. The van der Waals surface area contributed by atoms with Crippen LogP contribution in [0.4, 0.5) is 0 Å². The van der Waals surface area contributed by atoms with Crippen molar-refractivity contribution in [3.05, 3.63) is 12.7 Å². The Balaban J connectivity index is 3.22. The van der Waals surface area contributed by atoms with E-state index in [9.17, 15) is 0 Å². The predicted octanol–water partition coefficient (Wildman–Crippen LogP) is 2.44. The van der Waals surface area contributed by atoms with Crippen LogP contribution in [0.3, 0.4) is 0 Å². The normalized spacial score (nSPS) is 10.9. The van der Waals surface area contributed by atoms with Gasteiger partial charge >= 0.3 is 0 Å². The molecule has 80 valence electrons. The molecule has 0 spiro atoms. The first kappa shape index (κ1) is 13.5. The number of nitrogens with zero attached hydrogens (tertiary/aromatic N) is 1. The lowest BCUT2D eigenvalue weighted by Crippen LogP contribution is -2.23. The minimum atomic E-state index is -0.193. The minimum Gasteiger partial charge on any atom is -0.316 e. The van der Waals surface area contributed by atoms with E-state index in [1.807, 2.05) is 31.7 Å². The first-order valence-corrected chi connectivity index (χ1v) is 6.08. The number of thioether (sulfide) groups is 1. The van der Waals surface area contributed by atoms with E-state index in [-0.39, 0.29) is 5.41 Å². The molecule has 2 nitrogen and oxygen atoms in total. The molecule has 0 aromatic rings. The van der Waals surface area contributed by atoms with E-state index >= 15 is 0 Å². The highest BCUT2D eigenvalue weighted by atomic mass is 32.2. The van der Waals surface area contributed by atoms with Crippen molar-refractivity contribution in [1.29, 1.82) is 5.26 Å². The van der Waals surface area contributed by atoms with Crippen LogP contribution in [0.1, 0.15) is 20.3 Å². The molecule has 0 rings (SSSR count). The van der Waals surface area contributed by atoms with Crippen molar-refractivity contribution in [1.82, 2.24) is 5.32 Å². The fraction of sp³-hybridized carbons (Fsp3) is 0.727. The average molecular weight is 212 g/mol. The Hall–Kier alpha value is -0.460. The highest BCUT2D eigenvalue weighted by Crippen LogP contribution is 2.16. The van der Waals surface area contributed by atoms with Crippen LogP contribution in [0.25, 0.3) is 0 Å². The highest BCUT2D eigenvalue weighted by Gasteiger charge is 2.14. The zero-order valence-corrected chi connectivity index (χ0v) is 9.99. The molecule has 3 heteroatoms. The number of rotatable bonds is 8. The molecule has 0 saturated heterocycles.